The number of nitrogens with zero attached hydrogens (tertiary/aromatic N) is 5. The van der Waals surface area contributed by atoms with Crippen LogP contribution in [-0.4, -0.2) is 70.4 Å². The Hall–Kier alpha value is -3.53. The van der Waals surface area contributed by atoms with E-state index in [0.29, 0.717) is 58.7 Å². The zero-order valence-corrected chi connectivity index (χ0v) is 23.3. The average molecular weight is 564 g/mol. The Balaban J connectivity index is 1.28. The molecule has 1 amide bonds. The van der Waals surface area contributed by atoms with Crippen molar-refractivity contribution in [2.45, 2.75) is 70.1 Å². The first-order valence-corrected chi connectivity index (χ1v) is 14.7. The lowest BCUT2D eigenvalue weighted by atomic mass is 9.95. The molecule has 41 heavy (non-hydrogen) atoms. The molecular weight excluding hydrogens is 528 g/mol. The number of rotatable bonds is 5. The van der Waals surface area contributed by atoms with Gasteiger partial charge in [-0.2, -0.15) is 9.97 Å². The summed E-state index contributed by atoms with van der Waals surface area (Å²) in [5, 5.41) is 11.7. The highest BCUT2D eigenvalue weighted by molar-refractivity contribution is 6.16. The number of phenolic OH excluding ortho intramolecular Hbond substituents is 1. The van der Waals surface area contributed by atoms with Gasteiger partial charge in [-0.25, -0.2) is 8.78 Å². The molecule has 8 nitrogen and oxygen atoms in total. The monoisotopic (exact) mass is 563 g/mol. The third-order valence-electron chi connectivity index (χ3n) is 9.41. The summed E-state index contributed by atoms with van der Waals surface area (Å²) in [5.74, 6) is -0.106. The maximum Gasteiger partial charge on any atom is 0.318 e. The number of carbonyl (C=O) groups is 1. The predicted octanol–water partition coefficient (Wildman–Crippen LogP) is 5.28. The van der Waals surface area contributed by atoms with E-state index in [-0.39, 0.29) is 35.6 Å². The first-order chi connectivity index (χ1) is 19.8. The highest BCUT2D eigenvalue weighted by Gasteiger charge is 2.49. The number of aryl methyl sites for hydroxylation is 1. The molecule has 1 aromatic heterocycles. The number of carbonyl (C=O) groups excluding carboxylic acids is 1. The standard InChI is InChI=1S/C31H35F2N5O3/c1-19-23(33)8-7-20-13-22(39)14-25(26(19)20)38-17-24-27(29(38)40)28(36-10-4-2-3-5-11-36)35-30(34-24)41-18-31-9-6-12-37(31)16-21(32)15-31/h7-8,13-14,21,39H,2-6,9-12,15-18H2,1H3/t21-,31+/m1/s1. The predicted molar refractivity (Wildman–Crippen MR) is 152 cm³/mol. The smallest absolute Gasteiger partial charge is 0.318 e. The molecule has 4 aliphatic heterocycles. The Morgan fingerprint density at radius 1 is 1.10 bits per heavy atom. The van der Waals surface area contributed by atoms with E-state index < -0.39 is 6.17 Å². The van der Waals surface area contributed by atoms with Crippen LogP contribution in [0, 0.1) is 12.7 Å². The van der Waals surface area contributed by atoms with Crippen molar-refractivity contribution in [2.24, 2.45) is 0 Å². The molecule has 3 aromatic rings. The molecule has 7 rings (SSSR count). The molecule has 0 bridgehead atoms. The number of aromatic nitrogens is 2. The van der Waals surface area contributed by atoms with E-state index in [2.05, 4.69) is 9.80 Å². The van der Waals surface area contributed by atoms with Crippen LogP contribution in [0.25, 0.3) is 10.8 Å². The van der Waals surface area contributed by atoms with Crippen molar-refractivity contribution in [3.63, 3.8) is 0 Å². The molecular formula is C31H35F2N5O3. The van der Waals surface area contributed by atoms with Gasteiger partial charge in [0.1, 0.15) is 35.7 Å². The van der Waals surface area contributed by atoms with Gasteiger partial charge in [-0.3, -0.25) is 9.69 Å². The second-order valence-corrected chi connectivity index (χ2v) is 12.0. The van der Waals surface area contributed by atoms with E-state index >= 15 is 0 Å². The van der Waals surface area contributed by atoms with Crippen molar-refractivity contribution in [2.75, 3.05) is 42.6 Å². The maximum atomic E-state index is 14.7. The Morgan fingerprint density at radius 3 is 2.71 bits per heavy atom. The summed E-state index contributed by atoms with van der Waals surface area (Å²) >= 11 is 0. The fourth-order valence-corrected chi connectivity index (χ4v) is 7.37. The van der Waals surface area contributed by atoms with Crippen LogP contribution in [0.5, 0.6) is 11.8 Å². The van der Waals surface area contributed by atoms with Crippen LogP contribution in [0.1, 0.15) is 66.6 Å². The van der Waals surface area contributed by atoms with E-state index in [1.54, 1.807) is 24.0 Å². The number of aromatic hydroxyl groups is 1. The molecule has 0 spiro atoms. The summed E-state index contributed by atoms with van der Waals surface area (Å²) in [6.07, 6.45) is 5.72. The summed E-state index contributed by atoms with van der Waals surface area (Å²) in [4.78, 5) is 29.6. The average Bonchev–Trinajstić information content (AvgIpc) is 3.49. The topological polar surface area (TPSA) is 82.0 Å². The van der Waals surface area contributed by atoms with Gasteiger partial charge < -0.3 is 19.6 Å². The van der Waals surface area contributed by atoms with E-state index in [1.807, 2.05) is 0 Å². The number of anilines is 2. The van der Waals surface area contributed by atoms with Gasteiger partial charge in [0.25, 0.3) is 5.91 Å². The normalized spacial score (nSPS) is 24.7. The number of amides is 1. The Morgan fingerprint density at radius 2 is 1.90 bits per heavy atom. The molecule has 3 fully saturated rings. The van der Waals surface area contributed by atoms with Gasteiger partial charge in [-0.05, 0) is 62.2 Å². The lowest BCUT2D eigenvalue weighted by Gasteiger charge is -2.31. The molecule has 10 heteroatoms. The molecule has 0 unspecified atom stereocenters. The van der Waals surface area contributed by atoms with Crippen LogP contribution in [0.15, 0.2) is 24.3 Å². The highest BCUT2D eigenvalue weighted by atomic mass is 19.1. The van der Waals surface area contributed by atoms with Crippen molar-refractivity contribution < 1.29 is 23.4 Å². The number of hydrogen-bond acceptors (Lipinski definition) is 7. The number of benzene rings is 2. The van der Waals surface area contributed by atoms with Crippen LogP contribution in [0.3, 0.4) is 0 Å². The maximum absolute atomic E-state index is 14.7. The minimum atomic E-state index is -0.857. The lowest BCUT2D eigenvalue weighted by Crippen LogP contribution is -2.43. The summed E-state index contributed by atoms with van der Waals surface area (Å²) in [5.41, 5.74) is 1.47. The molecule has 2 aromatic carbocycles. The second kappa shape index (κ2) is 10.1. The van der Waals surface area contributed by atoms with E-state index in [4.69, 9.17) is 14.7 Å². The van der Waals surface area contributed by atoms with Gasteiger partial charge in [0.05, 0.1) is 23.5 Å². The van der Waals surface area contributed by atoms with Crippen LogP contribution in [0.4, 0.5) is 20.3 Å². The van der Waals surface area contributed by atoms with Gasteiger partial charge in [0.15, 0.2) is 0 Å². The van der Waals surface area contributed by atoms with Crippen molar-refractivity contribution in [1.82, 2.24) is 14.9 Å². The molecule has 0 radical (unpaired) electrons. The van der Waals surface area contributed by atoms with E-state index in [9.17, 15) is 18.7 Å². The molecule has 4 aliphatic rings. The Labute approximate surface area is 237 Å². The SMILES string of the molecule is Cc1c(F)ccc2cc(O)cc(N3Cc4nc(OC[C@@]56CCCN5C[C@H](F)C6)nc(N5CCCCCC5)c4C3=O)c12. The molecule has 2 atom stereocenters. The van der Waals surface area contributed by atoms with E-state index in [0.717, 1.165) is 58.2 Å². The number of phenols is 1. The van der Waals surface area contributed by atoms with Crippen molar-refractivity contribution >= 4 is 28.2 Å². The number of hydrogen-bond donors (Lipinski definition) is 1. The van der Waals surface area contributed by atoms with E-state index in [1.165, 1.54) is 12.1 Å². The van der Waals surface area contributed by atoms with Crippen molar-refractivity contribution in [3.8, 4) is 11.8 Å². The first-order valence-electron chi connectivity index (χ1n) is 14.7. The first kappa shape index (κ1) is 26.4. The van der Waals surface area contributed by atoms with Gasteiger partial charge in [-0.15, -0.1) is 0 Å². The minimum absolute atomic E-state index is 0.00628. The van der Waals surface area contributed by atoms with Crippen LogP contribution in [0.2, 0.25) is 0 Å². The number of alkyl halides is 1. The van der Waals surface area contributed by atoms with Gasteiger partial charge in [-0.1, -0.05) is 18.9 Å². The highest BCUT2D eigenvalue weighted by Crippen LogP contribution is 2.42. The summed E-state index contributed by atoms with van der Waals surface area (Å²) in [6, 6.07) is 6.26. The van der Waals surface area contributed by atoms with Gasteiger partial charge in [0, 0.05) is 37.5 Å². The Bertz CT molecular complexity index is 1530. The summed E-state index contributed by atoms with van der Waals surface area (Å²) in [7, 11) is 0. The molecule has 0 aliphatic carbocycles. The fraction of sp³-hybridized carbons (Fsp3) is 0.516. The second-order valence-electron chi connectivity index (χ2n) is 12.0. The molecule has 3 saturated heterocycles. The van der Waals surface area contributed by atoms with Crippen LogP contribution >= 0.6 is 0 Å². The van der Waals surface area contributed by atoms with Gasteiger partial charge in [0.2, 0.25) is 0 Å². The fourth-order valence-electron chi connectivity index (χ4n) is 7.37. The quantitative estimate of drug-likeness (QED) is 0.453. The molecule has 5 heterocycles. The minimum Gasteiger partial charge on any atom is -0.508 e. The zero-order valence-electron chi connectivity index (χ0n) is 23.3. The van der Waals surface area contributed by atoms with Gasteiger partial charge >= 0.3 is 6.01 Å². The third-order valence-corrected chi connectivity index (χ3v) is 9.41. The summed E-state index contributed by atoms with van der Waals surface area (Å²) < 4.78 is 35.3. The largest absolute Gasteiger partial charge is 0.508 e. The van der Waals surface area contributed by atoms with Crippen LogP contribution < -0.4 is 14.5 Å². The number of halogens is 2. The summed E-state index contributed by atoms with van der Waals surface area (Å²) in [6.45, 7) is 4.99. The number of fused-ring (bicyclic) bond motifs is 3. The molecule has 0 saturated carbocycles. The third kappa shape index (κ3) is 4.47. The Kier molecular flexibility index (Phi) is 6.48. The number of ether oxygens (including phenoxy) is 1. The van der Waals surface area contributed by atoms with Crippen molar-refractivity contribution in [3.05, 3.63) is 46.9 Å². The van der Waals surface area contributed by atoms with Crippen LogP contribution in [-0.2, 0) is 6.54 Å². The molecule has 216 valence electrons. The molecule has 1 N–H and O–H groups in total. The zero-order chi connectivity index (χ0) is 28.3. The lowest BCUT2D eigenvalue weighted by molar-refractivity contribution is 0.0996. The van der Waals surface area contributed by atoms with Crippen molar-refractivity contribution in [1.29, 1.82) is 0 Å².